The molecule has 0 fully saturated rings. The number of para-hydroxylation sites is 1. The largest absolute Gasteiger partial charge is 0.307 e. The first-order chi connectivity index (χ1) is 25.7. The second-order valence-corrected chi connectivity index (χ2v) is 18.6. The van der Waals surface area contributed by atoms with Gasteiger partial charge >= 0.3 is 0 Å². The molecule has 0 aromatic heterocycles. The Hall–Kier alpha value is -4.42. The van der Waals surface area contributed by atoms with Crippen LogP contribution in [0, 0.1) is 87.3 Å². The topological polar surface area (TPSA) is 4.44 Å². The molecule has 5 rings (SSSR count). The van der Waals surface area contributed by atoms with Gasteiger partial charge in [-0.15, -0.1) is 16.4 Å². The number of benzene rings is 5. The van der Waals surface area contributed by atoms with E-state index in [2.05, 4.69) is 38.4 Å². The molecule has 0 heterocycles. The molecule has 1 nitrogen and oxygen atoms in total. The van der Waals surface area contributed by atoms with Crippen LogP contribution >= 0.6 is 11.1 Å². The molecule has 0 atom stereocenters. The van der Waals surface area contributed by atoms with Crippen molar-refractivity contribution in [1.29, 1.82) is 0 Å². The van der Waals surface area contributed by atoms with Gasteiger partial charge in [-0.3, -0.25) is 0 Å². The Kier molecular flexibility index (Phi) is 12.9. The average Bonchev–Trinajstić information content (AvgIpc) is 3.19. The lowest BCUT2D eigenvalue weighted by Gasteiger charge is -2.45. The summed E-state index contributed by atoms with van der Waals surface area (Å²) in [6, 6.07) is 13.6. The minimum Gasteiger partial charge on any atom is -0.307 e. The average molecular weight is 832 g/mol. The Morgan fingerprint density at radius 1 is 0.436 bits per heavy atom. The molecule has 1 N–H and O–H groups in total. The number of rotatable bonds is 8. The molecule has 0 saturated carbocycles. The van der Waals surface area contributed by atoms with Gasteiger partial charge < -0.3 is 4.90 Å². The molecule has 5 aromatic carbocycles. The highest BCUT2D eigenvalue weighted by Crippen LogP contribution is 2.29. The van der Waals surface area contributed by atoms with E-state index in [4.69, 9.17) is 11.1 Å². The molecule has 294 valence electrons. The molecule has 0 spiro atoms. The Bertz CT molecular complexity index is 2000. The predicted octanol–water partition coefficient (Wildman–Crippen LogP) is 7.04. The third kappa shape index (κ3) is 7.12. The first kappa shape index (κ1) is 43.3. The standard InChI is InChI=1S/C28H14BClF15Si.C8H11N/c1-3-46(30,4-2)10-7-5-9(6-8-10)29(11-14(31)20(37)26(43)21(38)15(11)32,12-16(33)22(39)27(44)23(40)17(12)34)13-18(35)24(41)28(45)25(42)19(13)36;1-9(2)8-6-4-3-5-7-8/h5-8H,3-4H2,1-2H3;3-7H,1-2H3/q-1;/p+1. The van der Waals surface area contributed by atoms with Crippen molar-refractivity contribution in [3.63, 3.8) is 0 Å². The van der Waals surface area contributed by atoms with Crippen molar-refractivity contribution >= 4 is 57.3 Å². The maximum atomic E-state index is 15.7. The minimum absolute atomic E-state index is 0.167. The van der Waals surface area contributed by atoms with Crippen LogP contribution in [0.25, 0.3) is 0 Å². The second kappa shape index (κ2) is 16.4. The van der Waals surface area contributed by atoms with Gasteiger partial charge in [-0.2, -0.15) is 16.5 Å². The third-order valence-electron chi connectivity index (χ3n) is 9.43. The molecule has 0 bridgehead atoms. The van der Waals surface area contributed by atoms with Crippen LogP contribution in [0.4, 0.5) is 71.5 Å². The highest BCUT2D eigenvalue weighted by Gasteiger charge is 2.49. The normalized spacial score (nSPS) is 11.9. The van der Waals surface area contributed by atoms with Gasteiger partial charge in [0.15, 0.2) is 59.7 Å². The first-order valence-corrected chi connectivity index (χ1v) is 19.5. The highest BCUT2D eigenvalue weighted by atomic mass is 35.6. The zero-order valence-electron chi connectivity index (χ0n) is 28.7. The van der Waals surface area contributed by atoms with Crippen molar-refractivity contribution in [3.8, 4) is 0 Å². The van der Waals surface area contributed by atoms with Gasteiger partial charge in [0.1, 0.15) is 46.7 Å². The van der Waals surface area contributed by atoms with Gasteiger partial charge in [-0.05, 0) is 29.4 Å². The van der Waals surface area contributed by atoms with E-state index < -0.39 is 123 Å². The number of quaternary nitrogens is 1. The van der Waals surface area contributed by atoms with E-state index in [0.717, 1.165) is 12.1 Å². The van der Waals surface area contributed by atoms with Crippen molar-refractivity contribution < 1.29 is 70.8 Å². The van der Waals surface area contributed by atoms with Gasteiger partial charge in [0.2, 0.25) is 0 Å². The molecule has 0 aliphatic heterocycles. The van der Waals surface area contributed by atoms with Crippen LogP contribution in [-0.4, -0.2) is 27.6 Å². The van der Waals surface area contributed by atoms with Gasteiger partial charge in [-0.1, -0.05) is 56.3 Å². The van der Waals surface area contributed by atoms with Gasteiger partial charge in [0, 0.05) is 0 Å². The summed E-state index contributed by atoms with van der Waals surface area (Å²) >= 11 is 6.64. The van der Waals surface area contributed by atoms with Crippen LogP contribution in [0.1, 0.15) is 13.8 Å². The monoisotopic (exact) mass is 831 g/mol. The van der Waals surface area contributed by atoms with Crippen molar-refractivity contribution in [2.24, 2.45) is 0 Å². The van der Waals surface area contributed by atoms with E-state index in [-0.39, 0.29) is 17.3 Å². The first-order valence-electron chi connectivity index (χ1n) is 16.0. The van der Waals surface area contributed by atoms with Crippen LogP contribution in [0.3, 0.4) is 0 Å². The quantitative estimate of drug-likeness (QED) is 0.0563. The molecule has 0 radical (unpaired) electrons. The maximum Gasteiger partial charge on any atom is 0.200 e. The summed E-state index contributed by atoms with van der Waals surface area (Å²) in [6.45, 7) is 3.23. The molecule has 19 heteroatoms. The van der Waals surface area contributed by atoms with E-state index in [9.17, 15) is 39.5 Å². The summed E-state index contributed by atoms with van der Waals surface area (Å²) in [5.74, 6) is -45.6. The fourth-order valence-electron chi connectivity index (χ4n) is 6.44. The van der Waals surface area contributed by atoms with Crippen LogP contribution in [0.5, 0.6) is 0 Å². The summed E-state index contributed by atoms with van der Waals surface area (Å²) in [5.41, 5.74) is -8.13. The zero-order valence-corrected chi connectivity index (χ0v) is 30.5. The predicted molar refractivity (Wildman–Crippen MR) is 181 cm³/mol. The lowest BCUT2D eigenvalue weighted by Crippen LogP contribution is -3.00. The summed E-state index contributed by atoms with van der Waals surface area (Å²) in [7, 11) is 1.23. The van der Waals surface area contributed by atoms with Crippen molar-refractivity contribution in [1.82, 2.24) is 0 Å². The Labute approximate surface area is 309 Å². The fourth-order valence-corrected chi connectivity index (χ4v) is 8.90. The number of halogens is 16. The molecule has 55 heavy (non-hydrogen) atoms. The second-order valence-electron chi connectivity index (χ2n) is 12.5. The number of hydrogen-bond acceptors (Lipinski definition) is 0. The lowest BCUT2D eigenvalue weighted by molar-refractivity contribution is -0.786. The molecule has 0 aliphatic rings. The van der Waals surface area contributed by atoms with Crippen molar-refractivity contribution in [2.45, 2.75) is 25.9 Å². The van der Waals surface area contributed by atoms with Gasteiger partial charge in [0.25, 0.3) is 0 Å². The summed E-state index contributed by atoms with van der Waals surface area (Å²) < 4.78 is 225. The van der Waals surface area contributed by atoms with Crippen LogP contribution in [-0.2, 0) is 0 Å². The van der Waals surface area contributed by atoms with Crippen LogP contribution in [0.2, 0.25) is 12.1 Å². The summed E-state index contributed by atoms with van der Waals surface area (Å²) in [4.78, 5) is 1.37. The molecule has 5 aromatic rings. The zero-order chi connectivity index (χ0) is 41.5. The molecular weight excluding hydrogens is 806 g/mol. The van der Waals surface area contributed by atoms with E-state index in [1.54, 1.807) is 13.8 Å². The summed E-state index contributed by atoms with van der Waals surface area (Å²) in [5, 5.41) is 0.167. The molecule has 0 unspecified atom stereocenters. The number of nitrogens with one attached hydrogen (secondary N) is 1. The SMILES string of the molecule is CC[Si](Cl)(CC)c1ccc([B-](c2c(F)c(F)c(F)c(F)c2F)(c2c(F)c(F)c(F)c(F)c2F)c2c(F)c(F)c(F)c(F)c2F)cc1.C[NH+](C)c1ccccc1. The van der Waals surface area contributed by atoms with Gasteiger partial charge in [-0.25, -0.2) is 65.9 Å². The Morgan fingerprint density at radius 3 is 0.945 bits per heavy atom. The molecule has 0 aliphatic carbocycles. The highest BCUT2D eigenvalue weighted by molar-refractivity contribution is 7.27. The molecule has 0 saturated heterocycles. The van der Waals surface area contributed by atoms with Crippen LogP contribution in [0.15, 0.2) is 54.6 Å². The fraction of sp³-hybridized carbons (Fsp3) is 0.167. The third-order valence-corrected chi connectivity index (χ3v) is 15.3. The minimum atomic E-state index is -5.81. The summed E-state index contributed by atoms with van der Waals surface area (Å²) in [6.07, 6.45) is -5.81. The Morgan fingerprint density at radius 2 is 0.709 bits per heavy atom. The van der Waals surface area contributed by atoms with Crippen LogP contribution < -0.4 is 31.9 Å². The van der Waals surface area contributed by atoms with Gasteiger partial charge in [0.05, 0.1) is 14.1 Å². The van der Waals surface area contributed by atoms with Crippen molar-refractivity contribution in [2.75, 3.05) is 14.1 Å². The lowest BCUT2D eigenvalue weighted by atomic mass is 9.12. The Balaban J connectivity index is 0.000000654. The maximum absolute atomic E-state index is 15.7. The van der Waals surface area contributed by atoms with Crippen molar-refractivity contribution in [3.05, 3.63) is 142 Å². The molecular formula is C36H26BClF15NSi. The van der Waals surface area contributed by atoms with E-state index in [0.29, 0.717) is 12.1 Å². The van der Waals surface area contributed by atoms with E-state index in [1.165, 1.54) is 10.6 Å². The van der Waals surface area contributed by atoms with E-state index >= 15 is 26.3 Å². The number of hydrogen-bond donors (Lipinski definition) is 1. The molecule has 0 amide bonds. The van der Waals surface area contributed by atoms with E-state index in [1.807, 2.05) is 6.07 Å². The smallest absolute Gasteiger partial charge is 0.200 e.